The van der Waals surface area contributed by atoms with Gasteiger partial charge in [-0.3, -0.25) is 0 Å². The Morgan fingerprint density at radius 3 is 2.19 bits per heavy atom. The lowest BCUT2D eigenvalue weighted by Crippen LogP contribution is -2.42. The van der Waals surface area contributed by atoms with Gasteiger partial charge in [0.05, 0.1) is 11.4 Å². The molecule has 1 aromatic carbocycles. The van der Waals surface area contributed by atoms with Crippen molar-refractivity contribution in [1.29, 1.82) is 0 Å². The highest BCUT2D eigenvalue weighted by Gasteiger charge is 2.19. The Bertz CT molecular complexity index is 791. The molecule has 144 valence electrons. The van der Waals surface area contributed by atoms with Gasteiger partial charge in [-0.05, 0) is 56.9 Å². The van der Waals surface area contributed by atoms with Gasteiger partial charge in [0.25, 0.3) is 10.2 Å². The van der Waals surface area contributed by atoms with E-state index in [1.165, 1.54) is 4.31 Å². The molecular formula is C19H30N4O2S. The Kier molecular flexibility index (Phi) is 7.37. The molecule has 1 heterocycles. The summed E-state index contributed by atoms with van der Waals surface area (Å²) < 4.78 is 30.9. The topological polar surface area (TPSA) is 67.2 Å². The van der Waals surface area contributed by atoms with Crippen LogP contribution in [0, 0.1) is 13.8 Å². The molecule has 0 saturated heterocycles. The SMILES string of the molecule is CCCN(CCC)S(=O)(=O)NCCc1ccc(-n2nc(C)cc2C)cc1. The zero-order chi connectivity index (χ0) is 19.2. The molecule has 1 N–H and O–H groups in total. The van der Waals surface area contributed by atoms with Crippen LogP contribution in [0.4, 0.5) is 0 Å². The van der Waals surface area contributed by atoms with E-state index < -0.39 is 10.2 Å². The van der Waals surface area contributed by atoms with Crippen LogP contribution in [0.1, 0.15) is 43.6 Å². The fraction of sp³-hybridized carbons (Fsp3) is 0.526. The van der Waals surface area contributed by atoms with E-state index >= 15 is 0 Å². The molecule has 0 aliphatic carbocycles. The summed E-state index contributed by atoms with van der Waals surface area (Å²) in [7, 11) is -3.40. The molecule has 0 atom stereocenters. The Morgan fingerprint density at radius 2 is 1.69 bits per heavy atom. The summed E-state index contributed by atoms with van der Waals surface area (Å²) in [6, 6.07) is 10.1. The van der Waals surface area contributed by atoms with Crippen LogP contribution in [0.25, 0.3) is 5.69 Å². The maximum absolute atomic E-state index is 12.4. The average Bonchev–Trinajstić information content (AvgIpc) is 2.93. The molecule has 0 bridgehead atoms. The second-order valence-corrected chi connectivity index (χ2v) is 8.31. The quantitative estimate of drug-likeness (QED) is 0.691. The maximum Gasteiger partial charge on any atom is 0.279 e. The fourth-order valence-electron chi connectivity index (χ4n) is 2.96. The molecule has 0 aliphatic rings. The van der Waals surface area contributed by atoms with Crippen molar-refractivity contribution in [3.63, 3.8) is 0 Å². The Hall–Kier alpha value is -1.70. The molecule has 0 spiro atoms. The van der Waals surface area contributed by atoms with Crippen LogP contribution in [0.15, 0.2) is 30.3 Å². The summed E-state index contributed by atoms with van der Waals surface area (Å²) >= 11 is 0. The largest absolute Gasteiger partial charge is 0.279 e. The van der Waals surface area contributed by atoms with Crippen molar-refractivity contribution in [1.82, 2.24) is 18.8 Å². The molecular weight excluding hydrogens is 348 g/mol. The highest BCUT2D eigenvalue weighted by molar-refractivity contribution is 7.87. The molecule has 26 heavy (non-hydrogen) atoms. The van der Waals surface area contributed by atoms with E-state index in [2.05, 4.69) is 9.82 Å². The van der Waals surface area contributed by atoms with Gasteiger partial charge in [-0.15, -0.1) is 0 Å². The van der Waals surface area contributed by atoms with Crippen LogP contribution >= 0.6 is 0 Å². The molecule has 2 rings (SSSR count). The third kappa shape index (κ3) is 5.40. The average molecular weight is 379 g/mol. The van der Waals surface area contributed by atoms with E-state index in [4.69, 9.17) is 0 Å². The number of nitrogens with zero attached hydrogens (tertiary/aromatic N) is 3. The van der Waals surface area contributed by atoms with Gasteiger partial charge >= 0.3 is 0 Å². The number of rotatable bonds is 10. The van der Waals surface area contributed by atoms with Gasteiger partial charge in [0.1, 0.15) is 0 Å². The predicted octanol–water partition coefficient (Wildman–Crippen LogP) is 2.99. The third-order valence-corrected chi connectivity index (χ3v) is 5.79. The summed E-state index contributed by atoms with van der Waals surface area (Å²) in [6.45, 7) is 9.49. The summed E-state index contributed by atoms with van der Waals surface area (Å²) in [4.78, 5) is 0. The van der Waals surface area contributed by atoms with Gasteiger partial charge in [-0.2, -0.15) is 17.8 Å². The number of hydrogen-bond donors (Lipinski definition) is 1. The van der Waals surface area contributed by atoms with Gasteiger partial charge in [-0.1, -0.05) is 26.0 Å². The summed E-state index contributed by atoms with van der Waals surface area (Å²) in [5.41, 5.74) is 4.19. The summed E-state index contributed by atoms with van der Waals surface area (Å²) in [5.74, 6) is 0. The van der Waals surface area contributed by atoms with E-state index in [9.17, 15) is 8.42 Å². The van der Waals surface area contributed by atoms with Crippen molar-refractivity contribution >= 4 is 10.2 Å². The normalized spacial score (nSPS) is 12.0. The first kappa shape index (κ1) is 20.6. The number of aryl methyl sites for hydroxylation is 2. The van der Waals surface area contributed by atoms with Crippen molar-refractivity contribution in [2.75, 3.05) is 19.6 Å². The van der Waals surface area contributed by atoms with Crippen LogP contribution in [0.5, 0.6) is 0 Å². The minimum absolute atomic E-state index is 0.394. The number of hydrogen-bond acceptors (Lipinski definition) is 3. The second kappa shape index (κ2) is 9.30. The summed E-state index contributed by atoms with van der Waals surface area (Å²) in [5, 5.41) is 4.48. The fourth-order valence-corrected chi connectivity index (χ4v) is 4.35. The number of aromatic nitrogens is 2. The standard InChI is InChI=1S/C19H30N4O2S/c1-5-13-22(14-6-2)26(24,25)20-12-11-18-7-9-19(10-8-18)23-17(4)15-16(3)21-23/h7-10,15,20H,5-6,11-14H2,1-4H3. The Labute approximate surface area is 157 Å². The van der Waals surface area contributed by atoms with Crippen LogP contribution < -0.4 is 4.72 Å². The van der Waals surface area contributed by atoms with Crippen LogP contribution in [-0.2, 0) is 16.6 Å². The predicted molar refractivity (Wildman–Crippen MR) is 106 cm³/mol. The number of benzene rings is 1. The molecule has 0 fully saturated rings. The van der Waals surface area contributed by atoms with E-state index in [-0.39, 0.29) is 0 Å². The van der Waals surface area contributed by atoms with E-state index in [0.29, 0.717) is 26.1 Å². The molecule has 0 radical (unpaired) electrons. The van der Waals surface area contributed by atoms with Gasteiger partial charge in [-0.25, -0.2) is 9.40 Å². The molecule has 0 aliphatic heterocycles. The summed E-state index contributed by atoms with van der Waals surface area (Å²) in [6.07, 6.45) is 2.28. The smallest absolute Gasteiger partial charge is 0.238 e. The van der Waals surface area contributed by atoms with Crippen LogP contribution in [0.3, 0.4) is 0 Å². The first-order valence-electron chi connectivity index (χ1n) is 9.24. The second-order valence-electron chi connectivity index (χ2n) is 6.55. The minimum Gasteiger partial charge on any atom is -0.238 e. The van der Waals surface area contributed by atoms with Crippen molar-refractivity contribution in [2.45, 2.75) is 47.0 Å². The zero-order valence-electron chi connectivity index (χ0n) is 16.2. The number of nitrogens with one attached hydrogen (secondary N) is 1. The zero-order valence-corrected chi connectivity index (χ0v) is 17.0. The van der Waals surface area contributed by atoms with Gasteiger partial charge < -0.3 is 0 Å². The molecule has 0 amide bonds. The first-order chi connectivity index (χ1) is 12.4. The Balaban J connectivity index is 1.94. The highest BCUT2D eigenvalue weighted by atomic mass is 32.2. The van der Waals surface area contributed by atoms with E-state index in [1.54, 1.807) is 0 Å². The highest BCUT2D eigenvalue weighted by Crippen LogP contribution is 2.13. The van der Waals surface area contributed by atoms with Crippen molar-refractivity contribution < 1.29 is 8.42 Å². The van der Waals surface area contributed by atoms with Crippen molar-refractivity contribution in [3.8, 4) is 5.69 Å². The van der Waals surface area contributed by atoms with Crippen LogP contribution in [0.2, 0.25) is 0 Å². The lowest BCUT2D eigenvalue weighted by Gasteiger charge is -2.21. The molecule has 7 heteroatoms. The van der Waals surface area contributed by atoms with Crippen LogP contribution in [-0.4, -0.2) is 42.1 Å². The van der Waals surface area contributed by atoms with Gasteiger partial charge in [0, 0.05) is 25.3 Å². The van der Waals surface area contributed by atoms with E-state index in [1.807, 2.05) is 62.7 Å². The Morgan fingerprint density at radius 1 is 1.08 bits per heavy atom. The first-order valence-corrected chi connectivity index (χ1v) is 10.7. The third-order valence-electron chi connectivity index (χ3n) is 4.17. The van der Waals surface area contributed by atoms with Crippen molar-refractivity contribution in [2.24, 2.45) is 0 Å². The molecule has 0 saturated carbocycles. The lowest BCUT2D eigenvalue weighted by atomic mass is 10.1. The lowest BCUT2D eigenvalue weighted by molar-refractivity contribution is 0.402. The molecule has 1 aromatic heterocycles. The monoisotopic (exact) mass is 378 g/mol. The van der Waals surface area contributed by atoms with E-state index in [0.717, 1.165) is 35.5 Å². The van der Waals surface area contributed by atoms with Gasteiger partial charge in [0.2, 0.25) is 0 Å². The minimum atomic E-state index is -3.40. The molecule has 6 nitrogen and oxygen atoms in total. The molecule has 0 unspecified atom stereocenters. The molecule has 2 aromatic rings. The maximum atomic E-state index is 12.4. The van der Waals surface area contributed by atoms with Gasteiger partial charge in [0.15, 0.2) is 0 Å². The van der Waals surface area contributed by atoms with Crippen molar-refractivity contribution in [3.05, 3.63) is 47.3 Å².